The normalized spacial score (nSPS) is 30.4. The molecule has 5 heteroatoms. The maximum Gasteiger partial charge on any atom is 0.224 e. The molecule has 1 aliphatic carbocycles. The van der Waals surface area contributed by atoms with Crippen LogP contribution in [-0.4, -0.2) is 42.1 Å². The van der Waals surface area contributed by atoms with Crippen LogP contribution in [0.2, 0.25) is 0 Å². The van der Waals surface area contributed by atoms with Gasteiger partial charge in [-0.25, -0.2) is 0 Å². The number of nitrogens with two attached hydrogens (primary N) is 1. The van der Waals surface area contributed by atoms with Crippen LogP contribution in [0.4, 0.5) is 0 Å². The predicted octanol–water partition coefficient (Wildman–Crippen LogP) is 2.04. The molecule has 0 spiro atoms. The zero-order chi connectivity index (χ0) is 17.8. The molecule has 25 heavy (non-hydrogen) atoms. The van der Waals surface area contributed by atoms with E-state index in [2.05, 4.69) is 48.3 Å². The third-order valence-corrected chi connectivity index (χ3v) is 5.30. The highest BCUT2D eigenvalue weighted by molar-refractivity contribution is 5.79. The average molecular weight is 345 g/mol. The Labute approximate surface area is 150 Å². The Morgan fingerprint density at radius 2 is 1.80 bits per heavy atom. The molecule has 0 bridgehead atoms. The van der Waals surface area contributed by atoms with Gasteiger partial charge < -0.3 is 15.8 Å². The molecule has 1 aromatic carbocycles. The third kappa shape index (κ3) is 5.03. The van der Waals surface area contributed by atoms with Crippen LogP contribution in [0.3, 0.4) is 0 Å². The van der Waals surface area contributed by atoms with Crippen molar-refractivity contribution in [1.29, 1.82) is 0 Å². The van der Waals surface area contributed by atoms with Crippen LogP contribution in [0.25, 0.3) is 0 Å². The summed E-state index contributed by atoms with van der Waals surface area (Å²) in [5, 5.41) is 3.04. The number of carbonyl (C=O) groups excluding carboxylic acids is 1. The molecule has 2 aliphatic rings. The molecule has 1 heterocycles. The molecule has 2 fully saturated rings. The number of rotatable bonds is 5. The van der Waals surface area contributed by atoms with Crippen molar-refractivity contribution in [3.63, 3.8) is 0 Å². The van der Waals surface area contributed by atoms with E-state index >= 15 is 0 Å². The van der Waals surface area contributed by atoms with Crippen LogP contribution in [0.1, 0.15) is 44.2 Å². The van der Waals surface area contributed by atoms with Crippen LogP contribution >= 0.6 is 0 Å². The lowest BCUT2D eigenvalue weighted by Gasteiger charge is -2.35. The fraction of sp³-hybridized carbons (Fsp3) is 0.650. The van der Waals surface area contributed by atoms with E-state index in [1.807, 2.05) is 0 Å². The number of carbonyl (C=O) groups is 1. The summed E-state index contributed by atoms with van der Waals surface area (Å²) in [5.74, 6) is 0.0925. The number of morpholine rings is 1. The molecular weight excluding hydrogens is 314 g/mol. The van der Waals surface area contributed by atoms with Crippen molar-refractivity contribution in [3.05, 3.63) is 35.4 Å². The second-order valence-electron chi connectivity index (χ2n) is 7.69. The first-order chi connectivity index (χ1) is 12.0. The number of nitrogens with zero attached hydrogens (tertiary/aromatic N) is 1. The third-order valence-electron chi connectivity index (χ3n) is 5.30. The summed E-state index contributed by atoms with van der Waals surface area (Å²) >= 11 is 0. The average Bonchev–Trinajstić information content (AvgIpc) is 2.99. The Morgan fingerprint density at radius 1 is 1.16 bits per heavy atom. The molecule has 5 nitrogen and oxygen atoms in total. The number of hydrogen-bond donors (Lipinski definition) is 2. The number of benzene rings is 1. The molecule has 1 aliphatic heterocycles. The van der Waals surface area contributed by atoms with Gasteiger partial charge in [0.15, 0.2) is 0 Å². The Morgan fingerprint density at radius 3 is 2.40 bits per heavy atom. The van der Waals surface area contributed by atoms with Gasteiger partial charge in [0.05, 0.1) is 18.1 Å². The number of amides is 1. The van der Waals surface area contributed by atoms with Gasteiger partial charge in [-0.3, -0.25) is 9.69 Å². The van der Waals surface area contributed by atoms with E-state index in [4.69, 9.17) is 10.5 Å². The van der Waals surface area contributed by atoms with E-state index in [1.165, 1.54) is 5.56 Å². The van der Waals surface area contributed by atoms with Gasteiger partial charge in [0.25, 0.3) is 0 Å². The molecule has 4 atom stereocenters. The summed E-state index contributed by atoms with van der Waals surface area (Å²) in [4.78, 5) is 14.7. The molecule has 0 aromatic heterocycles. The molecule has 3 N–H and O–H groups in total. The van der Waals surface area contributed by atoms with Gasteiger partial charge in [-0.2, -0.15) is 0 Å². The van der Waals surface area contributed by atoms with Crippen LogP contribution in [0.5, 0.6) is 0 Å². The largest absolute Gasteiger partial charge is 0.373 e. The fourth-order valence-corrected chi connectivity index (χ4v) is 4.07. The van der Waals surface area contributed by atoms with Crippen LogP contribution in [0.15, 0.2) is 24.3 Å². The first-order valence-electron chi connectivity index (χ1n) is 9.50. The maximum atomic E-state index is 12.2. The Bertz CT molecular complexity index is 565. The summed E-state index contributed by atoms with van der Waals surface area (Å²) in [6.45, 7) is 7.73. The number of hydrogen-bond acceptors (Lipinski definition) is 4. The molecule has 3 rings (SSSR count). The highest BCUT2D eigenvalue weighted by Crippen LogP contribution is 2.24. The van der Waals surface area contributed by atoms with E-state index in [-0.39, 0.29) is 17.9 Å². The van der Waals surface area contributed by atoms with Crippen molar-refractivity contribution < 1.29 is 9.53 Å². The standard InChI is InChI=1S/C20H31N3O2/c1-14-11-23(12-15(2)25-14)13-17-8-6-16(7-9-17)10-22-20(24)18-4-3-5-19(18)21/h6-9,14-15,18-19H,3-5,10-13,21H2,1-2H3,(H,22,24). The zero-order valence-electron chi connectivity index (χ0n) is 15.4. The fourth-order valence-electron chi connectivity index (χ4n) is 4.07. The molecule has 0 radical (unpaired) electrons. The minimum Gasteiger partial charge on any atom is -0.373 e. The van der Waals surface area contributed by atoms with Crippen molar-refractivity contribution in [2.24, 2.45) is 11.7 Å². The molecule has 1 saturated carbocycles. The Balaban J connectivity index is 1.48. The lowest BCUT2D eigenvalue weighted by Crippen LogP contribution is -2.44. The molecule has 1 saturated heterocycles. The van der Waals surface area contributed by atoms with E-state index in [0.717, 1.165) is 44.5 Å². The van der Waals surface area contributed by atoms with Gasteiger partial charge >= 0.3 is 0 Å². The number of nitrogens with one attached hydrogen (secondary N) is 1. The van der Waals surface area contributed by atoms with Gasteiger partial charge in [-0.1, -0.05) is 30.7 Å². The summed E-state index contributed by atoms with van der Waals surface area (Å²) in [5.41, 5.74) is 8.43. The molecule has 1 aromatic rings. The van der Waals surface area contributed by atoms with Crippen molar-refractivity contribution in [1.82, 2.24) is 10.2 Å². The van der Waals surface area contributed by atoms with E-state index in [1.54, 1.807) is 0 Å². The summed E-state index contributed by atoms with van der Waals surface area (Å²) in [6.07, 6.45) is 3.53. The van der Waals surface area contributed by atoms with Crippen LogP contribution in [0, 0.1) is 5.92 Å². The van der Waals surface area contributed by atoms with Crippen molar-refractivity contribution >= 4 is 5.91 Å². The zero-order valence-corrected chi connectivity index (χ0v) is 15.4. The van der Waals surface area contributed by atoms with Gasteiger partial charge in [-0.15, -0.1) is 0 Å². The summed E-state index contributed by atoms with van der Waals surface area (Å²) in [7, 11) is 0. The summed E-state index contributed by atoms with van der Waals surface area (Å²) in [6, 6.07) is 8.57. The lowest BCUT2D eigenvalue weighted by atomic mass is 10.0. The highest BCUT2D eigenvalue weighted by atomic mass is 16.5. The second kappa shape index (κ2) is 8.30. The maximum absolute atomic E-state index is 12.2. The molecule has 4 unspecified atom stereocenters. The van der Waals surface area contributed by atoms with Crippen molar-refractivity contribution in [2.75, 3.05) is 13.1 Å². The SMILES string of the molecule is CC1CN(Cc2ccc(CNC(=O)C3CCCC3N)cc2)CC(C)O1. The van der Waals surface area contributed by atoms with E-state index in [9.17, 15) is 4.79 Å². The minimum atomic E-state index is -0.00965. The summed E-state index contributed by atoms with van der Waals surface area (Å²) < 4.78 is 5.79. The Kier molecular flexibility index (Phi) is 6.10. The second-order valence-corrected chi connectivity index (χ2v) is 7.69. The highest BCUT2D eigenvalue weighted by Gasteiger charge is 2.29. The van der Waals surface area contributed by atoms with Gasteiger partial charge in [-0.05, 0) is 37.8 Å². The first kappa shape index (κ1) is 18.4. The number of ether oxygens (including phenoxy) is 1. The molecule has 138 valence electrons. The van der Waals surface area contributed by atoms with Gasteiger partial charge in [0.2, 0.25) is 5.91 Å². The van der Waals surface area contributed by atoms with Crippen LogP contribution < -0.4 is 11.1 Å². The van der Waals surface area contributed by atoms with Gasteiger partial charge in [0, 0.05) is 32.2 Å². The molecule has 1 amide bonds. The van der Waals surface area contributed by atoms with Crippen LogP contribution in [-0.2, 0) is 22.6 Å². The van der Waals surface area contributed by atoms with Crippen molar-refractivity contribution in [2.45, 2.75) is 64.4 Å². The van der Waals surface area contributed by atoms with Crippen molar-refractivity contribution in [3.8, 4) is 0 Å². The topological polar surface area (TPSA) is 67.6 Å². The Hall–Kier alpha value is -1.43. The monoisotopic (exact) mass is 345 g/mol. The van der Waals surface area contributed by atoms with E-state index in [0.29, 0.717) is 18.8 Å². The first-order valence-corrected chi connectivity index (χ1v) is 9.50. The van der Waals surface area contributed by atoms with E-state index < -0.39 is 0 Å². The lowest BCUT2D eigenvalue weighted by molar-refractivity contribution is -0.125. The van der Waals surface area contributed by atoms with Gasteiger partial charge in [0.1, 0.15) is 0 Å². The smallest absolute Gasteiger partial charge is 0.224 e. The molecular formula is C20H31N3O2. The minimum absolute atomic E-state index is 0.00965. The quantitative estimate of drug-likeness (QED) is 0.857. The predicted molar refractivity (Wildman–Crippen MR) is 98.9 cm³/mol.